The zero-order valence-electron chi connectivity index (χ0n) is 28.1. The Kier molecular flexibility index (Phi) is 13.3. The van der Waals surface area contributed by atoms with E-state index in [9.17, 15) is 20.1 Å². The van der Waals surface area contributed by atoms with Gasteiger partial charge in [-0.2, -0.15) is 0 Å². The highest BCUT2D eigenvalue weighted by Gasteiger charge is 2.48. The summed E-state index contributed by atoms with van der Waals surface area (Å²) in [5.74, 6) is 0.753. The number of carbonyl (C=O) groups is 1. The van der Waals surface area contributed by atoms with Gasteiger partial charge in [0.1, 0.15) is 11.9 Å². The molecule has 1 aromatic heterocycles. The number of aliphatic hydroxyl groups excluding tert-OH is 4. The maximum atomic E-state index is 12.7. The number of nitrogens with zero attached hydrogens (tertiary/aromatic N) is 2. The van der Waals surface area contributed by atoms with Crippen LogP contribution in [0.1, 0.15) is 81.4 Å². The molecule has 2 aliphatic rings. The van der Waals surface area contributed by atoms with Gasteiger partial charge in [0.15, 0.2) is 0 Å². The summed E-state index contributed by atoms with van der Waals surface area (Å²) in [6, 6.07) is 13.9. The van der Waals surface area contributed by atoms with Crippen molar-refractivity contribution in [1.82, 2.24) is 9.88 Å². The molecule has 1 heterocycles. The predicted octanol–water partition coefficient (Wildman–Crippen LogP) is 6.22. The molecule has 2 saturated carbocycles. The summed E-state index contributed by atoms with van der Waals surface area (Å²) in [6.45, 7) is 2.16. The van der Waals surface area contributed by atoms with Crippen molar-refractivity contribution in [3.63, 3.8) is 0 Å². The number of aromatic nitrogens is 1. The molecule has 266 valence electrons. The van der Waals surface area contributed by atoms with Gasteiger partial charge in [0.2, 0.25) is 5.91 Å². The van der Waals surface area contributed by atoms with Gasteiger partial charge < -0.3 is 34.8 Å². The standard InChI is InChI=1S/C38H48Cl2N2O7/c1-2-7-36(46)42(23-34(45)37(47)33(44)14-19-43)18-6-5-8-25-20-32(40)26(21-31(25)39)24-48-38(15-16-38)30-22-41-17-13-28(30)29-9-3-4-10-35(29)49-27-11-12-27/h3-4,9-10,13,17,20-22,27,33-34,37,43-45,47H,2,5-8,11-12,14-16,18-19,23-24H2,1H3. The number of unbranched alkanes of at least 4 members (excludes halogenated alkanes) is 1. The van der Waals surface area contributed by atoms with Crippen molar-refractivity contribution in [2.75, 3.05) is 19.7 Å². The van der Waals surface area contributed by atoms with Crippen LogP contribution in [0.5, 0.6) is 5.75 Å². The number of aryl methyl sites for hydroxylation is 1. The Labute approximate surface area is 298 Å². The number of pyridine rings is 1. The number of benzene rings is 2. The maximum Gasteiger partial charge on any atom is 0.222 e. The average molecular weight is 716 g/mol. The number of amides is 1. The molecule has 3 atom stereocenters. The Hall–Kier alpha value is -2.76. The van der Waals surface area contributed by atoms with Crippen LogP contribution in [0.4, 0.5) is 0 Å². The van der Waals surface area contributed by atoms with Gasteiger partial charge in [-0.05, 0) is 98.7 Å². The molecule has 1 amide bonds. The third-order valence-electron chi connectivity index (χ3n) is 9.29. The Balaban J connectivity index is 1.18. The van der Waals surface area contributed by atoms with Gasteiger partial charge >= 0.3 is 0 Å². The molecule has 2 fully saturated rings. The van der Waals surface area contributed by atoms with Gasteiger partial charge in [-0.3, -0.25) is 9.78 Å². The van der Waals surface area contributed by atoms with Crippen molar-refractivity contribution in [3.05, 3.63) is 81.6 Å². The van der Waals surface area contributed by atoms with E-state index in [-0.39, 0.29) is 31.6 Å². The minimum atomic E-state index is -1.46. The number of para-hydroxylation sites is 1. The highest BCUT2D eigenvalue weighted by Crippen LogP contribution is 2.53. The van der Waals surface area contributed by atoms with Crippen molar-refractivity contribution in [1.29, 1.82) is 0 Å². The van der Waals surface area contributed by atoms with Gasteiger partial charge in [-0.15, -0.1) is 0 Å². The minimum Gasteiger partial charge on any atom is -0.490 e. The maximum absolute atomic E-state index is 12.7. The number of carbonyl (C=O) groups excluding carboxylic acids is 1. The van der Waals surface area contributed by atoms with Gasteiger partial charge in [0.05, 0.1) is 30.5 Å². The lowest BCUT2D eigenvalue weighted by Gasteiger charge is -2.29. The first kappa shape index (κ1) is 37.5. The summed E-state index contributed by atoms with van der Waals surface area (Å²) in [5, 5.41) is 40.8. The third kappa shape index (κ3) is 9.94. The quantitative estimate of drug-likeness (QED) is 0.102. The topological polar surface area (TPSA) is 133 Å². The Morgan fingerprint density at radius 1 is 1.02 bits per heavy atom. The first-order valence-corrected chi connectivity index (χ1v) is 18.2. The van der Waals surface area contributed by atoms with Crippen LogP contribution in [0.3, 0.4) is 0 Å². The van der Waals surface area contributed by atoms with Crippen molar-refractivity contribution in [2.24, 2.45) is 0 Å². The summed E-state index contributed by atoms with van der Waals surface area (Å²) in [5.41, 5.74) is 4.37. The van der Waals surface area contributed by atoms with E-state index in [0.29, 0.717) is 55.3 Å². The Morgan fingerprint density at radius 2 is 1.76 bits per heavy atom. The molecule has 11 heteroatoms. The van der Waals surface area contributed by atoms with Gasteiger partial charge in [0.25, 0.3) is 0 Å². The molecule has 0 saturated heterocycles. The van der Waals surface area contributed by atoms with Crippen LogP contribution in [0.25, 0.3) is 11.1 Å². The molecule has 2 aromatic carbocycles. The zero-order chi connectivity index (χ0) is 35.0. The molecule has 2 aliphatic carbocycles. The third-order valence-corrected chi connectivity index (χ3v) is 10.00. The second-order valence-corrected chi connectivity index (χ2v) is 14.1. The van der Waals surface area contributed by atoms with Crippen molar-refractivity contribution < 1.29 is 34.7 Å². The van der Waals surface area contributed by atoms with E-state index in [4.69, 9.17) is 37.8 Å². The number of aliphatic hydroxyl groups is 4. The fourth-order valence-electron chi connectivity index (χ4n) is 6.10. The Bertz CT molecular complexity index is 1550. The summed E-state index contributed by atoms with van der Waals surface area (Å²) in [4.78, 5) is 18.7. The van der Waals surface area contributed by atoms with E-state index >= 15 is 0 Å². The molecule has 0 bridgehead atoms. The number of hydrogen-bond acceptors (Lipinski definition) is 8. The molecule has 0 aliphatic heterocycles. The van der Waals surface area contributed by atoms with Crippen LogP contribution in [-0.4, -0.2) is 80.3 Å². The van der Waals surface area contributed by atoms with Crippen LogP contribution >= 0.6 is 23.2 Å². The molecule has 3 aromatic rings. The number of rotatable bonds is 20. The second-order valence-electron chi connectivity index (χ2n) is 13.2. The molecule has 49 heavy (non-hydrogen) atoms. The van der Waals surface area contributed by atoms with E-state index < -0.39 is 23.9 Å². The normalized spacial score (nSPS) is 17.0. The van der Waals surface area contributed by atoms with E-state index in [1.807, 2.05) is 49.5 Å². The van der Waals surface area contributed by atoms with Crippen LogP contribution in [0, 0.1) is 0 Å². The van der Waals surface area contributed by atoms with E-state index in [1.165, 1.54) is 4.90 Å². The number of hydrogen-bond donors (Lipinski definition) is 4. The monoisotopic (exact) mass is 714 g/mol. The van der Waals surface area contributed by atoms with Crippen LogP contribution in [-0.2, 0) is 28.2 Å². The van der Waals surface area contributed by atoms with Crippen LogP contribution in [0.15, 0.2) is 54.9 Å². The molecule has 3 unspecified atom stereocenters. The SMILES string of the molecule is CCCC(=O)N(CCCCc1cc(Cl)c(COC2(c3cnccc3-c3ccccc3OC3CC3)CC2)cc1Cl)CC(O)C(O)C(O)CCO. The lowest BCUT2D eigenvalue weighted by atomic mass is 9.96. The lowest BCUT2D eigenvalue weighted by molar-refractivity contribution is -0.135. The summed E-state index contributed by atoms with van der Waals surface area (Å²) >= 11 is 13.5. The van der Waals surface area contributed by atoms with E-state index in [1.54, 1.807) is 6.20 Å². The van der Waals surface area contributed by atoms with E-state index in [2.05, 4.69) is 11.1 Å². The molecule has 0 spiro atoms. The fraction of sp³-hybridized carbons (Fsp3) is 0.526. The molecule has 4 N–H and O–H groups in total. The molecule has 0 radical (unpaired) electrons. The number of halogens is 2. The van der Waals surface area contributed by atoms with Crippen molar-refractivity contribution in [3.8, 4) is 16.9 Å². The Morgan fingerprint density at radius 3 is 2.47 bits per heavy atom. The highest BCUT2D eigenvalue weighted by atomic mass is 35.5. The molecular weight excluding hydrogens is 667 g/mol. The van der Waals surface area contributed by atoms with Crippen molar-refractivity contribution >= 4 is 29.1 Å². The molecule has 9 nitrogen and oxygen atoms in total. The first-order valence-electron chi connectivity index (χ1n) is 17.4. The van der Waals surface area contributed by atoms with Crippen LogP contribution in [0.2, 0.25) is 10.0 Å². The smallest absolute Gasteiger partial charge is 0.222 e. The highest BCUT2D eigenvalue weighted by molar-refractivity contribution is 6.34. The summed E-state index contributed by atoms with van der Waals surface area (Å²) in [7, 11) is 0. The summed E-state index contributed by atoms with van der Waals surface area (Å²) < 4.78 is 12.8. The van der Waals surface area contributed by atoms with E-state index in [0.717, 1.165) is 59.3 Å². The van der Waals surface area contributed by atoms with Gasteiger partial charge in [-0.1, -0.05) is 48.3 Å². The fourth-order valence-corrected chi connectivity index (χ4v) is 6.62. The second kappa shape index (κ2) is 17.4. The largest absolute Gasteiger partial charge is 0.490 e. The predicted molar refractivity (Wildman–Crippen MR) is 190 cm³/mol. The average Bonchev–Trinajstić information content (AvgIpc) is 4.04. The molecule has 5 rings (SSSR count). The van der Waals surface area contributed by atoms with Gasteiger partial charge in [0, 0.05) is 59.7 Å². The van der Waals surface area contributed by atoms with Crippen LogP contribution < -0.4 is 4.74 Å². The minimum absolute atomic E-state index is 0.0626. The van der Waals surface area contributed by atoms with Gasteiger partial charge in [-0.25, -0.2) is 0 Å². The summed E-state index contributed by atoms with van der Waals surface area (Å²) in [6.07, 6.45) is 6.74. The number of ether oxygens (including phenoxy) is 2. The van der Waals surface area contributed by atoms with Crippen molar-refractivity contribution in [2.45, 2.75) is 108 Å². The molecular formula is C38H48Cl2N2O7. The zero-order valence-corrected chi connectivity index (χ0v) is 29.6. The lowest BCUT2D eigenvalue weighted by Crippen LogP contribution is -2.47. The first-order chi connectivity index (χ1) is 23.7.